The van der Waals surface area contributed by atoms with Crippen LogP contribution in [0.5, 0.6) is 5.75 Å². The van der Waals surface area contributed by atoms with Crippen molar-refractivity contribution in [3.8, 4) is 5.75 Å². The molecule has 0 saturated heterocycles. The summed E-state index contributed by atoms with van der Waals surface area (Å²) in [7, 11) is 1.43. The minimum atomic E-state index is -0.959. The Bertz CT molecular complexity index is 481. The Balaban J connectivity index is 2.06. The van der Waals surface area contributed by atoms with Crippen LogP contribution >= 0.6 is 0 Å². The van der Waals surface area contributed by atoms with Gasteiger partial charge in [0.15, 0.2) is 23.5 Å². The predicted octanol–water partition coefficient (Wildman–Crippen LogP) is 1.73. The molecule has 1 saturated carbocycles. The third-order valence-electron chi connectivity index (χ3n) is 3.14. The SMILES string of the molecule is CNC(=O)C(C)Oc1c(F)cc(CNC2CC2)cc1F. The van der Waals surface area contributed by atoms with Crippen LogP contribution < -0.4 is 15.4 Å². The number of likely N-dealkylation sites (N-methyl/N-ethyl adjacent to an activating group) is 1. The Morgan fingerprint density at radius 3 is 2.50 bits per heavy atom. The zero-order valence-corrected chi connectivity index (χ0v) is 11.5. The van der Waals surface area contributed by atoms with Crippen molar-refractivity contribution in [1.29, 1.82) is 0 Å². The smallest absolute Gasteiger partial charge is 0.260 e. The van der Waals surface area contributed by atoms with Crippen molar-refractivity contribution in [2.45, 2.75) is 38.5 Å². The average Bonchev–Trinajstić information content (AvgIpc) is 3.23. The van der Waals surface area contributed by atoms with Crippen LogP contribution in [0.3, 0.4) is 0 Å². The summed E-state index contributed by atoms with van der Waals surface area (Å²) < 4.78 is 32.7. The maximum Gasteiger partial charge on any atom is 0.260 e. The van der Waals surface area contributed by atoms with Crippen LogP contribution in [0.1, 0.15) is 25.3 Å². The van der Waals surface area contributed by atoms with Crippen LogP contribution in [0.2, 0.25) is 0 Å². The minimum absolute atomic E-state index is 0.420. The van der Waals surface area contributed by atoms with Crippen molar-refractivity contribution in [2.75, 3.05) is 7.05 Å². The van der Waals surface area contributed by atoms with Crippen LogP contribution in [0.4, 0.5) is 8.78 Å². The van der Waals surface area contributed by atoms with Crippen molar-refractivity contribution >= 4 is 5.91 Å². The van der Waals surface area contributed by atoms with Gasteiger partial charge < -0.3 is 15.4 Å². The molecule has 110 valence electrons. The van der Waals surface area contributed by atoms with E-state index in [1.807, 2.05) is 0 Å². The molecule has 1 aliphatic carbocycles. The van der Waals surface area contributed by atoms with Gasteiger partial charge in [-0.3, -0.25) is 4.79 Å². The van der Waals surface area contributed by atoms with Crippen LogP contribution in [-0.4, -0.2) is 25.1 Å². The fourth-order valence-electron chi connectivity index (χ4n) is 1.81. The van der Waals surface area contributed by atoms with E-state index >= 15 is 0 Å². The molecule has 0 aliphatic heterocycles. The van der Waals surface area contributed by atoms with E-state index < -0.39 is 29.4 Å². The number of hydrogen-bond donors (Lipinski definition) is 2. The summed E-state index contributed by atoms with van der Waals surface area (Å²) in [6.07, 6.45) is 1.26. The Hall–Kier alpha value is -1.69. The van der Waals surface area contributed by atoms with E-state index in [1.165, 1.54) is 26.1 Å². The van der Waals surface area contributed by atoms with Gasteiger partial charge >= 0.3 is 0 Å². The molecule has 0 aromatic heterocycles. The van der Waals surface area contributed by atoms with Gasteiger partial charge in [-0.2, -0.15) is 0 Å². The molecule has 1 aliphatic rings. The number of amides is 1. The topological polar surface area (TPSA) is 50.4 Å². The Morgan fingerprint density at radius 1 is 1.40 bits per heavy atom. The largest absolute Gasteiger partial charge is 0.475 e. The summed E-state index contributed by atoms with van der Waals surface area (Å²) in [6, 6.07) is 2.92. The molecule has 1 aromatic carbocycles. The molecule has 0 heterocycles. The van der Waals surface area contributed by atoms with Crippen molar-refractivity contribution in [3.63, 3.8) is 0 Å². The summed E-state index contributed by atoms with van der Waals surface area (Å²) in [4.78, 5) is 11.3. The first-order valence-electron chi connectivity index (χ1n) is 6.60. The minimum Gasteiger partial charge on any atom is -0.475 e. The van der Waals surface area contributed by atoms with Crippen molar-refractivity contribution in [2.24, 2.45) is 0 Å². The van der Waals surface area contributed by atoms with Gasteiger partial charge in [-0.1, -0.05) is 0 Å². The Kier molecular flexibility index (Phi) is 4.54. The Labute approximate surface area is 116 Å². The second kappa shape index (κ2) is 6.17. The zero-order valence-electron chi connectivity index (χ0n) is 11.5. The van der Waals surface area contributed by atoms with E-state index in [-0.39, 0.29) is 0 Å². The highest BCUT2D eigenvalue weighted by molar-refractivity contribution is 5.80. The van der Waals surface area contributed by atoms with Gasteiger partial charge in [-0.15, -0.1) is 0 Å². The molecule has 0 spiro atoms. The van der Waals surface area contributed by atoms with Crippen LogP contribution in [-0.2, 0) is 11.3 Å². The first-order valence-corrected chi connectivity index (χ1v) is 6.60. The van der Waals surface area contributed by atoms with Gasteiger partial charge in [-0.25, -0.2) is 8.78 Å². The molecular weight excluding hydrogens is 266 g/mol. The third-order valence-corrected chi connectivity index (χ3v) is 3.14. The van der Waals surface area contributed by atoms with Gasteiger partial charge in [-0.05, 0) is 37.5 Å². The first kappa shape index (κ1) is 14.7. The van der Waals surface area contributed by atoms with Crippen LogP contribution in [0, 0.1) is 11.6 Å². The van der Waals surface area contributed by atoms with Crippen LogP contribution in [0.15, 0.2) is 12.1 Å². The van der Waals surface area contributed by atoms with E-state index in [9.17, 15) is 13.6 Å². The lowest BCUT2D eigenvalue weighted by Crippen LogP contribution is -2.34. The van der Waals surface area contributed by atoms with Gasteiger partial charge in [0.1, 0.15) is 0 Å². The molecule has 1 aromatic rings. The standard InChI is InChI=1S/C14H18F2N2O2/c1-8(14(19)17-2)20-13-11(15)5-9(6-12(13)16)7-18-10-3-4-10/h5-6,8,10,18H,3-4,7H2,1-2H3,(H,17,19). The number of halogens is 2. The summed E-state index contributed by atoms with van der Waals surface area (Å²) in [5.74, 6) is -2.55. The number of carbonyl (C=O) groups excluding carboxylic acids is 1. The van der Waals surface area contributed by atoms with Crippen LogP contribution in [0.25, 0.3) is 0 Å². The normalized spacial score (nSPS) is 15.8. The average molecular weight is 284 g/mol. The molecule has 1 fully saturated rings. The molecule has 6 heteroatoms. The van der Waals surface area contributed by atoms with E-state index in [1.54, 1.807) is 0 Å². The summed E-state index contributed by atoms with van der Waals surface area (Å²) in [6.45, 7) is 1.85. The molecule has 20 heavy (non-hydrogen) atoms. The molecular formula is C14H18F2N2O2. The fraction of sp³-hybridized carbons (Fsp3) is 0.500. The number of benzene rings is 1. The Morgan fingerprint density at radius 2 is 2.00 bits per heavy atom. The number of nitrogens with one attached hydrogen (secondary N) is 2. The summed E-state index contributed by atoms with van der Waals surface area (Å²) in [5, 5.41) is 5.53. The lowest BCUT2D eigenvalue weighted by molar-refractivity contribution is -0.126. The van der Waals surface area contributed by atoms with Gasteiger partial charge in [0.25, 0.3) is 5.91 Å². The predicted molar refractivity (Wildman–Crippen MR) is 70.4 cm³/mol. The quantitative estimate of drug-likeness (QED) is 0.836. The second-order valence-corrected chi connectivity index (χ2v) is 4.92. The van der Waals surface area contributed by atoms with Crippen molar-refractivity contribution in [3.05, 3.63) is 29.3 Å². The first-order chi connectivity index (χ1) is 9.51. The summed E-state index contributed by atoms with van der Waals surface area (Å²) >= 11 is 0. The summed E-state index contributed by atoms with van der Waals surface area (Å²) in [5.41, 5.74) is 0.520. The van der Waals surface area contributed by atoms with Gasteiger partial charge in [0, 0.05) is 19.6 Å². The molecule has 4 nitrogen and oxygen atoms in total. The zero-order chi connectivity index (χ0) is 14.7. The van der Waals surface area contributed by atoms with E-state index in [4.69, 9.17) is 4.74 Å². The van der Waals surface area contributed by atoms with Gasteiger partial charge in [0.05, 0.1) is 0 Å². The molecule has 2 rings (SSSR count). The fourth-order valence-corrected chi connectivity index (χ4v) is 1.81. The maximum atomic E-state index is 13.9. The van der Waals surface area contributed by atoms with Gasteiger partial charge in [0.2, 0.25) is 0 Å². The lowest BCUT2D eigenvalue weighted by atomic mass is 10.2. The molecule has 2 N–H and O–H groups in total. The second-order valence-electron chi connectivity index (χ2n) is 4.92. The van der Waals surface area contributed by atoms with E-state index in [2.05, 4.69) is 10.6 Å². The lowest BCUT2D eigenvalue weighted by Gasteiger charge is -2.15. The third kappa shape index (κ3) is 3.66. The number of rotatable bonds is 6. The van der Waals surface area contributed by atoms with E-state index in [0.717, 1.165) is 12.8 Å². The maximum absolute atomic E-state index is 13.9. The van der Waals surface area contributed by atoms with E-state index in [0.29, 0.717) is 18.2 Å². The van der Waals surface area contributed by atoms with Crippen molar-refractivity contribution in [1.82, 2.24) is 10.6 Å². The molecule has 0 radical (unpaired) electrons. The monoisotopic (exact) mass is 284 g/mol. The highest BCUT2D eigenvalue weighted by Crippen LogP contribution is 2.25. The molecule has 0 bridgehead atoms. The highest BCUT2D eigenvalue weighted by Gasteiger charge is 2.22. The highest BCUT2D eigenvalue weighted by atomic mass is 19.1. The molecule has 1 atom stereocenters. The number of carbonyl (C=O) groups is 1. The number of hydrogen-bond acceptors (Lipinski definition) is 3. The molecule has 1 unspecified atom stereocenters. The number of ether oxygens (including phenoxy) is 1. The van der Waals surface area contributed by atoms with Crippen molar-refractivity contribution < 1.29 is 18.3 Å². The molecule has 1 amide bonds.